The molecule has 1 unspecified atom stereocenters. The van der Waals surface area contributed by atoms with Crippen LogP contribution in [0.25, 0.3) is 0 Å². The molecule has 3 aromatic rings. The number of rotatable bonds is 6. The highest BCUT2D eigenvalue weighted by molar-refractivity contribution is 6.17. The predicted octanol–water partition coefficient (Wildman–Crippen LogP) is 3.17. The van der Waals surface area contributed by atoms with Crippen molar-refractivity contribution in [1.29, 1.82) is 0 Å². The van der Waals surface area contributed by atoms with Crippen molar-refractivity contribution in [2.75, 3.05) is 25.1 Å². The van der Waals surface area contributed by atoms with Crippen molar-refractivity contribution in [3.63, 3.8) is 0 Å². The number of hydrogen-bond acceptors (Lipinski definition) is 4. The summed E-state index contributed by atoms with van der Waals surface area (Å²) < 4.78 is 5.16. The van der Waals surface area contributed by atoms with Gasteiger partial charge in [-0.3, -0.25) is 19.3 Å². The maximum atomic E-state index is 13.4. The molecule has 7 heteroatoms. The highest BCUT2D eigenvalue weighted by Crippen LogP contribution is 2.44. The topological polar surface area (TPSA) is 79.0 Å². The average molecular weight is 441 g/mol. The number of para-hydroxylation sites is 1. The van der Waals surface area contributed by atoms with E-state index in [1.54, 1.807) is 48.4 Å². The quantitative estimate of drug-likeness (QED) is 0.637. The largest absolute Gasteiger partial charge is 0.497 e. The predicted molar refractivity (Wildman–Crippen MR) is 123 cm³/mol. The SMILES string of the molecule is COc1ccc(CCNC(=O)CN2C(=O)c3ccccc3N3C(=O)c4ccccc4C23)cc1. The molecule has 0 fully saturated rings. The Balaban J connectivity index is 1.35. The number of methoxy groups -OCH3 is 1. The van der Waals surface area contributed by atoms with Gasteiger partial charge in [-0.15, -0.1) is 0 Å². The van der Waals surface area contributed by atoms with E-state index in [0.29, 0.717) is 29.8 Å². The molecule has 2 aliphatic heterocycles. The second kappa shape index (κ2) is 8.43. The highest BCUT2D eigenvalue weighted by atomic mass is 16.5. The molecular weight excluding hydrogens is 418 g/mol. The van der Waals surface area contributed by atoms with Gasteiger partial charge < -0.3 is 15.0 Å². The van der Waals surface area contributed by atoms with Gasteiger partial charge in [0.2, 0.25) is 5.91 Å². The Morgan fingerprint density at radius 3 is 2.36 bits per heavy atom. The van der Waals surface area contributed by atoms with Crippen molar-refractivity contribution in [1.82, 2.24) is 10.2 Å². The normalized spacial score (nSPS) is 16.2. The average Bonchev–Trinajstić information content (AvgIpc) is 3.15. The molecule has 0 aromatic heterocycles. The number of nitrogens with zero attached hydrogens (tertiary/aromatic N) is 2. The van der Waals surface area contributed by atoms with Gasteiger partial charge in [0.15, 0.2) is 0 Å². The van der Waals surface area contributed by atoms with E-state index < -0.39 is 6.17 Å². The van der Waals surface area contributed by atoms with Crippen molar-refractivity contribution < 1.29 is 19.1 Å². The van der Waals surface area contributed by atoms with Crippen molar-refractivity contribution in [3.05, 3.63) is 95.1 Å². The van der Waals surface area contributed by atoms with E-state index in [2.05, 4.69) is 5.32 Å². The summed E-state index contributed by atoms with van der Waals surface area (Å²) in [6.07, 6.45) is 0.0204. The standard InChI is InChI=1S/C26H23N3O4/c1-33-18-12-10-17(11-13-18)14-15-27-23(30)16-28-24-19-6-2-3-7-20(19)26(32)29(24)22-9-5-4-8-21(22)25(28)31/h2-13,24H,14-16H2,1H3,(H,27,30). The van der Waals surface area contributed by atoms with E-state index in [4.69, 9.17) is 4.74 Å². The lowest BCUT2D eigenvalue weighted by atomic mass is 10.0. The van der Waals surface area contributed by atoms with Crippen LogP contribution in [0, 0.1) is 0 Å². The Labute approximate surface area is 191 Å². The van der Waals surface area contributed by atoms with Crippen LogP contribution in [0.3, 0.4) is 0 Å². The first-order valence-electron chi connectivity index (χ1n) is 10.8. The number of amides is 3. The lowest BCUT2D eigenvalue weighted by Gasteiger charge is -2.40. The molecule has 0 bridgehead atoms. The summed E-state index contributed by atoms with van der Waals surface area (Å²) >= 11 is 0. The minimum absolute atomic E-state index is 0.140. The third-order valence-electron chi connectivity index (χ3n) is 6.09. The molecule has 0 saturated heterocycles. The van der Waals surface area contributed by atoms with Crippen LogP contribution in [0.5, 0.6) is 5.75 Å². The number of carbonyl (C=O) groups is 3. The summed E-state index contributed by atoms with van der Waals surface area (Å²) in [4.78, 5) is 42.5. The van der Waals surface area contributed by atoms with E-state index in [0.717, 1.165) is 16.9 Å². The maximum Gasteiger partial charge on any atom is 0.260 e. The van der Waals surface area contributed by atoms with Gasteiger partial charge in [0.25, 0.3) is 11.8 Å². The summed E-state index contributed by atoms with van der Waals surface area (Å²) in [6, 6.07) is 21.9. The summed E-state index contributed by atoms with van der Waals surface area (Å²) in [5.41, 5.74) is 3.35. The third-order valence-corrected chi connectivity index (χ3v) is 6.09. The fraction of sp³-hybridized carbons (Fsp3) is 0.192. The molecule has 3 aromatic carbocycles. The molecule has 0 aliphatic carbocycles. The number of hydrogen-bond donors (Lipinski definition) is 1. The second-order valence-electron chi connectivity index (χ2n) is 8.03. The minimum Gasteiger partial charge on any atom is -0.497 e. The smallest absolute Gasteiger partial charge is 0.260 e. The molecule has 166 valence electrons. The Bertz CT molecular complexity index is 1240. The molecule has 2 heterocycles. The number of fused-ring (bicyclic) bond motifs is 5. The third kappa shape index (κ3) is 3.61. The lowest BCUT2D eigenvalue weighted by molar-refractivity contribution is -0.122. The number of anilines is 1. The fourth-order valence-electron chi connectivity index (χ4n) is 4.48. The second-order valence-corrected chi connectivity index (χ2v) is 8.03. The lowest BCUT2D eigenvalue weighted by Crippen LogP contribution is -2.51. The first kappa shape index (κ1) is 20.8. The van der Waals surface area contributed by atoms with Gasteiger partial charge in [0, 0.05) is 17.7 Å². The zero-order chi connectivity index (χ0) is 22.9. The van der Waals surface area contributed by atoms with Crippen LogP contribution in [0.1, 0.15) is 38.0 Å². The van der Waals surface area contributed by atoms with Crippen LogP contribution < -0.4 is 15.0 Å². The number of nitrogens with one attached hydrogen (secondary N) is 1. The zero-order valence-electron chi connectivity index (χ0n) is 18.2. The minimum atomic E-state index is -0.636. The Morgan fingerprint density at radius 1 is 0.909 bits per heavy atom. The number of ether oxygens (including phenoxy) is 1. The molecule has 1 N–H and O–H groups in total. The van der Waals surface area contributed by atoms with E-state index in [1.807, 2.05) is 36.4 Å². The van der Waals surface area contributed by atoms with Crippen LogP contribution in [0.2, 0.25) is 0 Å². The van der Waals surface area contributed by atoms with Crippen molar-refractivity contribution in [2.45, 2.75) is 12.6 Å². The molecule has 0 radical (unpaired) electrons. The zero-order valence-corrected chi connectivity index (χ0v) is 18.2. The molecule has 33 heavy (non-hydrogen) atoms. The summed E-state index contributed by atoms with van der Waals surface area (Å²) in [6.45, 7) is 0.298. The van der Waals surface area contributed by atoms with Gasteiger partial charge in [-0.2, -0.15) is 0 Å². The molecule has 0 saturated carbocycles. The molecule has 0 spiro atoms. The van der Waals surface area contributed by atoms with Gasteiger partial charge in [0.1, 0.15) is 18.5 Å². The Hall–Kier alpha value is -4.13. The van der Waals surface area contributed by atoms with Gasteiger partial charge in [-0.05, 0) is 42.3 Å². The molecule has 2 aliphatic rings. The molecule has 1 atom stereocenters. The van der Waals surface area contributed by atoms with Crippen LogP contribution >= 0.6 is 0 Å². The summed E-state index contributed by atoms with van der Waals surface area (Å²) in [5.74, 6) is 0.0813. The Morgan fingerprint density at radius 2 is 1.61 bits per heavy atom. The fourth-order valence-corrected chi connectivity index (χ4v) is 4.48. The van der Waals surface area contributed by atoms with Crippen LogP contribution in [-0.2, 0) is 11.2 Å². The van der Waals surface area contributed by atoms with Gasteiger partial charge in [-0.1, -0.05) is 42.5 Å². The Kier molecular flexibility index (Phi) is 5.30. The molecule has 3 amide bonds. The molecule has 5 rings (SSSR count). The van der Waals surface area contributed by atoms with Crippen LogP contribution in [0.4, 0.5) is 5.69 Å². The monoisotopic (exact) mass is 441 g/mol. The first-order chi connectivity index (χ1) is 16.1. The van der Waals surface area contributed by atoms with E-state index >= 15 is 0 Å². The van der Waals surface area contributed by atoms with E-state index in [9.17, 15) is 14.4 Å². The molecule has 7 nitrogen and oxygen atoms in total. The first-order valence-corrected chi connectivity index (χ1v) is 10.8. The van der Waals surface area contributed by atoms with Gasteiger partial charge in [-0.25, -0.2) is 0 Å². The van der Waals surface area contributed by atoms with Crippen molar-refractivity contribution >= 4 is 23.4 Å². The van der Waals surface area contributed by atoms with E-state index in [1.165, 1.54) is 4.90 Å². The molecular formula is C26H23N3O4. The van der Waals surface area contributed by atoms with Gasteiger partial charge in [0.05, 0.1) is 18.4 Å². The summed E-state index contributed by atoms with van der Waals surface area (Å²) in [7, 11) is 1.62. The highest BCUT2D eigenvalue weighted by Gasteiger charge is 2.47. The van der Waals surface area contributed by atoms with Crippen molar-refractivity contribution in [2.24, 2.45) is 0 Å². The van der Waals surface area contributed by atoms with Crippen LogP contribution in [-0.4, -0.2) is 42.8 Å². The van der Waals surface area contributed by atoms with Crippen molar-refractivity contribution in [3.8, 4) is 5.75 Å². The summed E-state index contributed by atoms with van der Waals surface area (Å²) in [5, 5.41) is 2.90. The van der Waals surface area contributed by atoms with E-state index in [-0.39, 0.29) is 24.3 Å². The maximum absolute atomic E-state index is 13.4. The number of benzene rings is 3. The van der Waals surface area contributed by atoms with Gasteiger partial charge >= 0.3 is 0 Å². The van der Waals surface area contributed by atoms with Crippen LogP contribution in [0.15, 0.2) is 72.8 Å². The number of carbonyl (C=O) groups excluding carboxylic acids is 3.